The van der Waals surface area contributed by atoms with Crippen molar-refractivity contribution in [3.63, 3.8) is 0 Å². The number of likely N-dealkylation sites (N-methyl/N-ethyl adjacent to an activating group) is 1. The number of halogens is 2. The van der Waals surface area contributed by atoms with Crippen LogP contribution < -0.4 is 10.5 Å². The molecule has 1 rings (SSSR count). The zero-order chi connectivity index (χ0) is 15.3. The van der Waals surface area contributed by atoms with Crippen molar-refractivity contribution in [3.8, 4) is 0 Å². The van der Waals surface area contributed by atoms with E-state index in [0.29, 0.717) is 23.7 Å². The Bertz CT molecular complexity index is 564. The van der Waals surface area contributed by atoms with Gasteiger partial charge in [0.1, 0.15) is 4.90 Å². The van der Waals surface area contributed by atoms with Gasteiger partial charge in [0, 0.05) is 30.2 Å². The number of hydrogen-bond donors (Lipinski definition) is 2. The number of nitrogens with zero attached hydrogens (tertiary/aromatic N) is 1. The summed E-state index contributed by atoms with van der Waals surface area (Å²) >= 11 is 12.0. The van der Waals surface area contributed by atoms with Crippen molar-refractivity contribution in [1.29, 1.82) is 0 Å². The van der Waals surface area contributed by atoms with E-state index in [-0.39, 0.29) is 16.5 Å². The van der Waals surface area contributed by atoms with E-state index in [0.717, 1.165) is 6.54 Å². The first-order valence-corrected chi connectivity index (χ1v) is 8.42. The van der Waals surface area contributed by atoms with Gasteiger partial charge >= 0.3 is 0 Å². The second-order valence-corrected chi connectivity index (χ2v) is 6.86. The number of sulfonamides is 1. The van der Waals surface area contributed by atoms with Crippen LogP contribution in [-0.2, 0) is 16.6 Å². The van der Waals surface area contributed by atoms with Gasteiger partial charge in [-0.2, -0.15) is 0 Å². The van der Waals surface area contributed by atoms with Gasteiger partial charge in [0.15, 0.2) is 0 Å². The van der Waals surface area contributed by atoms with Crippen LogP contribution in [0.1, 0.15) is 12.5 Å². The normalized spacial score (nSPS) is 12.1. The largest absolute Gasteiger partial charge is 0.326 e. The fourth-order valence-corrected chi connectivity index (χ4v) is 3.53. The van der Waals surface area contributed by atoms with Crippen LogP contribution in [0.15, 0.2) is 17.0 Å². The highest BCUT2D eigenvalue weighted by Crippen LogP contribution is 2.30. The summed E-state index contributed by atoms with van der Waals surface area (Å²) in [7, 11) is -1.75. The topological polar surface area (TPSA) is 75.4 Å². The molecule has 0 radical (unpaired) electrons. The number of nitrogens with one attached hydrogen (secondary N) is 1. The summed E-state index contributed by atoms with van der Waals surface area (Å²) in [6, 6.07) is 2.87. The quantitative estimate of drug-likeness (QED) is 0.792. The molecule has 0 bridgehead atoms. The smallest absolute Gasteiger partial charge is 0.242 e. The second-order valence-electron chi connectivity index (χ2n) is 4.34. The summed E-state index contributed by atoms with van der Waals surface area (Å²) in [6.07, 6.45) is 0. The molecule has 20 heavy (non-hydrogen) atoms. The molecule has 0 atom stereocenters. The number of nitrogens with two attached hydrogens (primary N) is 1. The van der Waals surface area contributed by atoms with Crippen LogP contribution in [0.4, 0.5) is 0 Å². The molecule has 0 aliphatic heterocycles. The number of benzene rings is 1. The second kappa shape index (κ2) is 7.59. The zero-order valence-corrected chi connectivity index (χ0v) is 13.8. The van der Waals surface area contributed by atoms with Crippen molar-refractivity contribution in [3.05, 3.63) is 27.7 Å². The minimum atomic E-state index is -3.67. The maximum Gasteiger partial charge on any atom is 0.242 e. The summed E-state index contributed by atoms with van der Waals surface area (Å²) in [6.45, 7) is 3.85. The molecule has 5 nitrogen and oxygen atoms in total. The highest BCUT2D eigenvalue weighted by Gasteiger charge is 2.20. The summed E-state index contributed by atoms with van der Waals surface area (Å²) in [5.74, 6) is 0. The third-order valence-electron chi connectivity index (χ3n) is 2.97. The average Bonchev–Trinajstić information content (AvgIpc) is 2.38. The van der Waals surface area contributed by atoms with Gasteiger partial charge in [-0.25, -0.2) is 13.1 Å². The highest BCUT2D eigenvalue weighted by atomic mass is 35.5. The fraction of sp³-hybridized carbons (Fsp3) is 0.500. The van der Waals surface area contributed by atoms with Gasteiger partial charge < -0.3 is 10.6 Å². The van der Waals surface area contributed by atoms with E-state index in [9.17, 15) is 8.42 Å². The van der Waals surface area contributed by atoms with E-state index in [1.165, 1.54) is 12.1 Å². The average molecular weight is 340 g/mol. The Morgan fingerprint density at radius 1 is 1.35 bits per heavy atom. The third-order valence-corrected chi connectivity index (χ3v) is 5.37. The van der Waals surface area contributed by atoms with Gasteiger partial charge in [0.2, 0.25) is 10.0 Å². The van der Waals surface area contributed by atoms with Crippen LogP contribution in [0.2, 0.25) is 10.0 Å². The maximum absolute atomic E-state index is 12.2. The molecule has 0 amide bonds. The Morgan fingerprint density at radius 3 is 2.55 bits per heavy atom. The molecule has 1 aromatic rings. The number of rotatable bonds is 7. The van der Waals surface area contributed by atoms with Crippen molar-refractivity contribution < 1.29 is 8.42 Å². The number of hydrogen-bond acceptors (Lipinski definition) is 4. The van der Waals surface area contributed by atoms with Crippen molar-refractivity contribution in [2.75, 3.05) is 26.7 Å². The van der Waals surface area contributed by atoms with E-state index in [2.05, 4.69) is 4.72 Å². The molecule has 0 unspecified atom stereocenters. The van der Waals surface area contributed by atoms with Crippen LogP contribution >= 0.6 is 23.2 Å². The summed E-state index contributed by atoms with van der Waals surface area (Å²) in [4.78, 5) is 2.00. The van der Waals surface area contributed by atoms with Crippen molar-refractivity contribution in [2.24, 2.45) is 5.73 Å². The zero-order valence-electron chi connectivity index (χ0n) is 11.5. The molecule has 0 saturated heterocycles. The molecule has 0 aliphatic rings. The van der Waals surface area contributed by atoms with E-state index in [1.807, 2.05) is 18.9 Å². The SMILES string of the molecule is CCN(C)CCNS(=O)(=O)c1ccc(Cl)c(CN)c1Cl. The molecule has 1 aromatic carbocycles. The van der Waals surface area contributed by atoms with Gasteiger partial charge in [-0.3, -0.25) is 0 Å². The first-order chi connectivity index (χ1) is 9.33. The van der Waals surface area contributed by atoms with Gasteiger partial charge in [-0.05, 0) is 25.7 Å². The van der Waals surface area contributed by atoms with Crippen LogP contribution in [0.25, 0.3) is 0 Å². The van der Waals surface area contributed by atoms with E-state index < -0.39 is 10.0 Å². The van der Waals surface area contributed by atoms with Crippen LogP contribution in [0.5, 0.6) is 0 Å². The molecular weight excluding hydrogens is 321 g/mol. The Kier molecular flexibility index (Phi) is 6.71. The molecule has 0 aliphatic carbocycles. The van der Waals surface area contributed by atoms with Gasteiger partial charge in [0.05, 0.1) is 5.02 Å². The van der Waals surface area contributed by atoms with Crippen molar-refractivity contribution in [2.45, 2.75) is 18.4 Å². The lowest BCUT2D eigenvalue weighted by Gasteiger charge is -2.15. The maximum atomic E-state index is 12.2. The predicted molar refractivity (Wildman–Crippen MR) is 82.7 cm³/mol. The van der Waals surface area contributed by atoms with Crippen molar-refractivity contribution >= 4 is 33.2 Å². The van der Waals surface area contributed by atoms with Crippen molar-refractivity contribution in [1.82, 2.24) is 9.62 Å². The van der Waals surface area contributed by atoms with Crippen LogP contribution in [0, 0.1) is 0 Å². The van der Waals surface area contributed by atoms with Crippen LogP contribution in [-0.4, -0.2) is 40.0 Å². The Hall–Kier alpha value is -0.370. The lowest BCUT2D eigenvalue weighted by atomic mass is 10.2. The lowest BCUT2D eigenvalue weighted by Crippen LogP contribution is -2.33. The summed E-state index contributed by atoms with van der Waals surface area (Å²) < 4.78 is 26.9. The molecule has 0 spiro atoms. The Morgan fingerprint density at radius 2 is 2.00 bits per heavy atom. The molecule has 0 fully saturated rings. The molecular formula is C12H19Cl2N3O2S. The van der Waals surface area contributed by atoms with Gasteiger partial charge in [-0.1, -0.05) is 30.1 Å². The monoisotopic (exact) mass is 339 g/mol. The first-order valence-electron chi connectivity index (χ1n) is 6.18. The van der Waals surface area contributed by atoms with E-state index in [1.54, 1.807) is 0 Å². The fourth-order valence-electron chi connectivity index (χ4n) is 1.58. The molecule has 3 N–H and O–H groups in total. The predicted octanol–water partition coefficient (Wildman–Crippen LogP) is 1.68. The minimum Gasteiger partial charge on any atom is -0.326 e. The summed E-state index contributed by atoms with van der Waals surface area (Å²) in [5, 5.41) is 0.443. The Labute approximate surface area is 130 Å². The van der Waals surface area contributed by atoms with E-state index >= 15 is 0 Å². The lowest BCUT2D eigenvalue weighted by molar-refractivity contribution is 0.358. The van der Waals surface area contributed by atoms with Crippen LogP contribution in [0.3, 0.4) is 0 Å². The first kappa shape index (κ1) is 17.7. The minimum absolute atomic E-state index is 0.00293. The standard InChI is InChI=1S/C12H19Cl2N3O2S/c1-3-17(2)7-6-16-20(18,19)11-5-4-10(13)9(8-15)12(11)14/h4-5,16H,3,6-8,15H2,1-2H3. The molecule has 0 saturated carbocycles. The van der Waals surface area contributed by atoms with Gasteiger partial charge in [-0.15, -0.1) is 0 Å². The third kappa shape index (κ3) is 4.31. The molecule has 0 aromatic heterocycles. The Balaban J connectivity index is 2.93. The molecule has 114 valence electrons. The molecule has 8 heteroatoms. The van der Waals surface area contributed by atoms with E-state index in [4.69, 9.17) is 28.9 Å². The summed E-state index contributed by atoms with van der Waals surface area (Å²) in [5.41, 5.74) is 5.96. The highest BCUT2D eigenvalue weighted by molar-refractivity contribution is 7.89. The molecule has 0 heterocycles. The van der Waals surface area contributed by atoms with Gasteiger partial charge in [0.25, 0.3) is 0 Å².